The van der Waals surface area contributed by atoms with E-state index in [1.54, 1.807) is 0 Å². The molecule has 0 radical (unpaired) electrons. The Hall–Kier alpha value is -0.0800. The molecule has 0 spiro atoms. The maximum Gasteiger partial charge on any atom is 0.0773 e. The minimum absolute atomic E-state index is 0.249. The second-order valence-corrected chi connectivity index (χ2v) is 3.87. The van der Waals surface area contributed by atoms with Gasteiger partial charge in [-0.15, -0.1) is 0 Å². The van der Waals surface area contributed by atoms with Crippen molar-refractivity contribution in [3.63, 3.8) is 0 Å². The summed E-state index contributed by atoms with van der Waals surface area (Å²) in [5.74, 6) is 0. The van der Waals surface area contributed by atoms with E-state index < -0.39 is 0 Å². The molecule has 0 aromatic heterocycles. The van der Waals surface area contributed by atoms with Crippen LogP contribution in [0.25, 0.3) is 0 Å². The van der Waals surface area contributed by atoms with E-state index in [1.165, 1.54) is 32.1 Å². The van der Waals surface area contributed by atoms with E-state index in [9.17, 15) is 5.11 Å². The molecule has 0 aliphatic heterocycles. The summed E-state index contributed by atoms with van der Waals surface area (Å²) >= 11 is 0. The van der Waals surface area contributed by atoms with Gasteiger partial charge >= 0.3 is 0 Å². The van der Waals surface area contributed by atoms with Crippen LogP contribution in [0.15, 0.2) is 0 Å². The van der Waals surface area contributed by atoms with Crippen molar-refractivity contribution in [2.24, 2.45) is 0 Å². The highest BCUT2D eigenvalue weighted by atomic mass is 16.5. The van der Waals surface area contributed by atoms with Crippen LogP contribution >= 0.6 is 0 Å². The lowest BCUT2D eigenvalue weighted by Crippen LogP contribution is -2.14. The van der Waals surface area contributed by atoms with Gasteiger partial charge in [0, 0.05) is 6.61 Å². The molecule has 2 nitrogen and oxygen atoms in total. The van der Waals surface area contributed by atoms with Gasteiger partial charge in [-0.1, -0.05) is 45.4 Å². The Bertz CT molecular complexity index is 104. The third-order valence-corrected chi connectivity index (χ3v) is 2.41. The molecule has 0 aliphatic rings. The lowest BCUT2D eigenvalue weighted by Gasteiger charge is -2.09. The summed E-state index contributed by atoms with van der Waals surface area (Å²) in [7, 11) is 0. The Kier molecular flexibility index (Phi) is 10.9. The molecule has 0 aromatic carbocycles. The number of rotatable bonds is 10. The highest BCUT2D eigenvalue weighted by Gasteiger charge is 2.02. The van der Waals surface area contributed by atoms with Crippen LogP contribution < -0.4 is 0 Å². The molecule has 0 fully saturated rings. The maximum atomic E-state index is 9.46. The van der Waals surface area contributed by atoms with Gasteiger partial charge in [0.15, 0.2) is 0 Å². The minimum Gasteiger partial charge on any atom is -0.391 e. The number of aliphatic hydroxyl groups is 1. The molecule has 86 valence electrons. The molecule has 1 N–H and O–H groups in total. The van der Waals surface area contributed by atoms with Gasteiger partial charge in [-0.3, -0.25) is 0 Å². The Labute approximate surface area is 88.7 Å². The predicted molar refractivity (Wildman–Crippen MR) is 60.5 cm³/mol. The van der Waals surface area contributed by atoms with Crippen molar-refractivity contribution < 1.29 is 9.84 Å². The summed E-state index contributed by atoms with van der Waals surface area (Å²) in [5.41, 5.74) is 0. The van der Waals surface area contributed by atoms with Crippen molar-refractivity contribution in [2.45, 2.75) is 64.9 Å². The molecule has 0 rings (SSSR count). The van der Waals surface area contributed by atoms with Gasteiger partial charge in [0.25, 0.3) is 0 Å². The molecule has 1 unspecified atom stereocenters. The average molecular weight is 202 g/mol. The quantitative estimate of drug-likeness (QED) is 0.551. The number of hydrogen-bond acceptors (Lipinski definition) is 2. The van der Waals surface area contributed by atoms with Crippen LogP contribution in [0.2, 0.25) is 0 Å². The first-order chi connectivity index (χ1) is 6.81. The topological polar surface area (TPSA) is 29.5 Å². The van der Waals surface area contributed by atoms with Gasteiger partial charge in [0.05, 0.1) is 12.7 Å². The SMILES string of the molecule is CCCCCCCCC(O)COCC. The van der Waals surface area contributed by atoms with E-state index in [0.717, 1.165) is 12.8 Å². The normalized spacial score (nSPS) is 13.1. The van der Waals surface area contributed by atoms with Gasteiger partial charge in [-0.2, -0.15) is 0 Å². The summed E-state index contributed by atoms with van der Waals surface area (Å²) in [4.78, 5) is 0. The number of hydrogen-bond donors (Lipinski definition) is 1. The molecule has 0 saturated carbocycles. The van der Waals surface area contributed by atoms with Crippen molar-refractivity contribution in [1.82, 2.24) is 0 Å². The Morgan fingerprint density at radius 2 is 1.64 bits per heavy atom. The molecule has 0 amide bonds. The van der Waals surface area contributed by atoms with E-state index in [4.69, 9.17) is 4.74 Å². The van der Waals surface area contributed by atoms with E-state index in [2.05, 4.69) is 6.92 Å². The van der Waals surface area contributed by atoms with Crippen molar-refractivity contribution in [1.29, 1.82) is 0 Å². The third kappa shape index (κ3) is 10.0. The molecule has 14 heavy (non-hydrogen) atoms. The van der Waals surface area contributed by atoms with Crippen molar-refractivity contribution in [3.8, 4) is 0 Å². The van der Waals surface area contributed by atoms with Gasteiger partial charge in [-0.05, 0) is 13.3 Å². The first-order valence-electron chi connectivity index (χ1n) is 6.07. The summed E-state index contributed by atoms with van der Waals surface area (Å²) < 4.78 is 5.14. The van der Waals surface area contributed by atoms with Crippen LogP contribution in [-0.4, -0.2) is 24.4 Å². The number of aliphatic hydroxyl groups excluding tert-OH is 1. The number of unbranched alkanes of at least 4 members (excludes halogenated alkanes) is 5. The molecule has 0 aliphatic carbocycles. The van der Waals surface area contributed by atoms with E-state index in [-0.39, 0.29) is 6.10 Å². The average Bonchev–Trinajstić information content (AvgIpc) is 2.20. The minimum atomic E-state index is -0.249. The molecular weight excluding hydrogens is 176 g/mol. The highest BCUT2D eigenvalue weighted by molar-refractivity contribution is 4.54. The van der Waals surface area contributed by atoms with Crippen molar-refractivity contribution in [2.75, 3.05) is 13.2 Å². The largest absolute Gasteiger partial charge is 0.391 e. The number of ether oxygens (including phenoxy) is 1. The zero-order valence-corrected chi connectivity index (χ0v) is 9.80. The zero-order valence-electron chi connectivity index (χ0n) is 9.80. The second-order valence-electron chi connectivity index (χ2n) is 3.87. The summed E-state index contributed by atoms with van der Waals surface area (Å²) in [6, 6.07) is 0. The standard InChI is InChI=1S/C12H26O2/c1-3-5-6-7-8-9-10-12(13)11-14-4-2/h12-13H,3-11H2,1-2H3. The first kappa shape index (κ1) is 13.9. The zero-order chi connectivity index (χ0) is 10.6. The summed E-state index contributed by atoms with van der Waals surface area (Å²) in [5, 5.41) is 9.46. The van der Waals surface area contributed by atoms with Crippen LogP contribution in [0.5, 0.6) is 0 Å². The van der Waals surface area contributed by atoms with E-state index >= 15 is 0 Å². The lowest BCUT2D eigenvalue weighted by atomic mass is 10.1. The third-order valence-electron chi connectivity index (χ3n) is 2.41. The Morgan fingerprint density at radius 1 is 1.00 bits per heavy atom. The van der Waals surface area contributed by atoms with E-state index in [0.29, 0.717) is 13.2 Å². The van der Waals surface area contributed by atoms with Crippen LogP contribution in [0, 0.1) is 0 Å². The fourth-order valence-electron chi connectivity index (χ4n) is 1.50. The molecular formula is C12H26O2. The molecule has 1 atom stereocenters. The van der Waals surface area contributed by atoms with Gasteiger partial charge in [0.1, 0.15) is 0 Å². The Morgan fingerprint density at radius 3 is 2.29 bits per heavy atom. The fraction of sp³-hybridized carbons (Fsp3) is 1.00. The maximum absolute atomic E-state index is 9.46. The van der Waals surface area contributed by atoms with Gasteiger partial charge in [-0.25, -0.2) is 0 Å². The molecule has 2 heteroatoms. The molecule has 0 saturated heterocycles. The molecule has 0 heterocycles. The summed E-state index contributed by atoms with van der Waals surface area (Å²) in [6.45, 7) is 5.39. The second kappa shape index (κ2) is 11.0. The van der Waals surface area contributed by atoms with Gasteiger partial charge < -0.3 is 9.84 Å². The van der Waals surface area contributed by atoms with Crippen LogP contribution in [-0.2, 0) is 4.74 Å². The first-order valence-corrected chi connectivity index (χ1v) is 6.07. The smallest absolute Gasteiger partial charge is 0.0773 e. The summed E-state index contributed by atoms with van der Waals surface area (Å²) in [6.07, 6.45) is 8.34. The van der Waals surface area contributed by atoms with Crippen LogP contribution in [0.3, 0.4) is 0 Å². The lowest BCUT2D eigenvalue weighted by molar-refractivity contribution is 0.0368. The highest BCUT2D eigenvalue weighted by Crippen LogP contribution is 2.08. The van der Waals surface area contributed by atoms with Crippen LogP contribution in [0.4, 0.5) is 0 Å². The van der Waals surface area contributed by atoms with Crippen molar-refractivity contribution in [3.05, 3.63) is 0 Å². The van der Waals surface area contributed by atoms with Crippen LogP contribution in [0.1, 0.15) is 58.8 Å². The van der Waals surface area contributed by atoms with E-state index in [1.807, 2.05) is 6.92 Å². The molecule has 0 bridgehead atoms. The Balaban J connectivity index is 3.02. The fourth-order valence-corrected chi connectivity index (χ4v) is 1.50. The molecule has 0 aromatic rings. The predicted octanol–water partition coefficient (Wildman–Crippen LogP) is 3.13. The van der Waals surface area contributed by atoms with Gasteiger partial charge in [0.2, 0.25) is 0 Å². The van der Waals surface area contributed by atoms with Crippen molar-refractivity contribution >= 4 is 0 Å². The monoisotopic (exact) mass is 202 g/mol.